The van der Waals surface area contributed by atoms with Gasteiger partial charge in [0.1, 0.15) is 5.69 Å². The first kappa shape index (κ1) is 28.6. The molecule has 0 saturated heterocycles. The van der Waals surface area contributed by atoms with Crippen molar-refractivity contribution in [3.8, 4) is 79.6 Å². The van der Waals surface area contributed by atoms with E-state index in [9.17, 15) is 0 Å². The van der Waals surface area contributed by atoms with Gasteiger partial charge in [0.25, 0.3) is 0 Å². The van der Waals surface area contributed by atoms with E-state index >= 15 is 0 Å². The van der Waals surface area contributed by atoms with E-state index in [2.05, 4.69) is 9.97 Å². The zero-order valence-corrected chi connectivity index (χ0v) is 25.5. The van der Waals surface area contributed by atoms with Crippen molar-refractivity contribution >= 4 is 0 Å². The minimum Gasteiger partial charge on any atom is -0.255 e. The van der Waals surface area contributed by atoms with Crippen LogP contribution in [0, 0.1) is 0 Å². The van der Waals surface area contributed by atoms with Crippen molar-refractivity contribution in [3.63, 3.8) is 0 Å². The summed E-state index contributed by atoms with van der Waals surface area (Å²) in [7, 11) is 0. The Labute approximate surface area is 276 Å². The Balaban J connectivity index is 1.11. The second kappa shape index (κ2) is 12.9. The van der Waals surface area contributed by atoms with Crippen LogP contribution in [-0.4, -0.2) is 44.9 Å². The zero-order chi connectivity index (χ0) is 32.1. The highest BCUT2D eigenvalue weighted by Gasteiger charge is 2.15. The molecule has 0 unspecified atom stereocenters. The average Bonchev–Trinajstić information content (AvgIpc) is 3.19. The van der Waals surface area contributed by atoms with Gasteiger partial charge in [0.05, 0.1) is 22.8 Å². The number of benzene rings is 2. The first-order valence-corrected chi connectivity index (χ1v) is 15.3. The summed E-state index contributed by atoms with van der Waals surface area (Å²) in [4.78, 5) is 42.4. The molecule has 0 saturated carbocycles. The molecule has 0 amide bonds. The van der Waals surface area contributed by atoms with E-state index in [4.69, 9.17) is 34.9 Å². The van der Waals surface area contributed by atoms with Crippen LogP contribution in [0.3, 0.4) is 0 Å². The summed E-state index contributed by atoms with van der Waals surface area (Å²) in [5, 5.41) is 0. The maximum Gasteiger partial charge on any atom is 0.182 e. The molecule has 0 atom stereocenters. The van der Waals surface area contributed by atoms with Crippen LogP contribution >= 0.6 is 0 Å². The summed E-state index contributed by atoms with van der Waals surface area (Å²) < 4.78 is 0. The third kappa shape index (κ3) is 6.03. The van der Waals surface area contributed by atoms with Crippen molar-refractivity contribution in [2.24, 2.45) is 0 Å². The van der Waals surface area contributed by atoms with Gasteiger partial charge in [0.2, 0.25) is 0 Å². The topological polar surface area (TPSA) is 116 Å². The normalized spacial score (nSPS) is 10.9. The van der Waals surface area contributed by atoms with Crippen molar-refractivity contribution in [3.05, 3.63) is 152 Å². The lowest BCUT2D eigenvalue weighted by atomic mass is 10.1. The lowest BCUT2D eigenvalue weighted by molar-refractivity contribution is 1.06. The number of rotatable bonds is 7. The molecule has 48 heavy (non-hydrogen) atoms. The molecule has 0 radical (unpaired) electrons. The molecule has 8 aromatic rings. The summed E-state index contributed by atoms with van der Waals surface area (Å²) >= 11 is 0. The molecule has 6 heterocycles. The standard InChI is InChI=1S/C39H25N9/c1-3-11-26(12-4-1)37-46-38(27-13-5-2-6-14-27)48-39(47-37)33-18-17-28(23-42-33)30-24-43-36(44-25-30)29-21-34(31-15-7-9-19-40-31)45-35(22-29)32-16-8-10-20-41-32/h1-25H. The number of aromatic nitrogens is 9. The Morgan fingerprint density at radius 1 is 0.271 bits per heavy atom. The molecule has 0 aliphatic carbocycles. The van der Waals surface area contributed by atoms with E-state index in [0.29, 0.717) is 40.4 Å². The van der Waals surface area contributed by atoms with Crippen molar-refractivity contribution in [1.82, 2.24) is 44.9 Å². The first-order valence-electron chi connectivity index (χ1n) is 15.3. The quantitative estimate of drug-likeness (QED) is 0.175. The van der Waals surface area contributed by atoms with Crippen molar-refractivity contribution < 1.29 is 0 Å². The van der Waals surface area contributed by atoms with Gasteiger partial charge in [-0.2, -0.15) is 0 Å². The SMILES string of the molecule is c1ccc(-c2nc(-c3ccccc3)nc(-c3ccc(-c4cnc(-c5cc(-c6ccccn6)nc(-c6ccccn6)c5)nc4)cn3)n2)cc1. The van der Waals surface area contributed by atoms with E-state index in [-0.39, 0.29) is 0 Å². The molecule has 9 nitrogen and oxygen atoms in total. The predicted octanol–water partition coefficient (Wildman–Crippen LogP) is 7.91. The Kier molecular flexibility index (Phi) is 7.66. The molecule has 226 valence electrons. The first-order chi connectivity index (χ1) is 23.8. The van der Waals surface area contributed by atoms with Gasteiger partial charge in [-0.25, -0.2) is 29.9 Å². The van der Waals surface area contributed by atoms with Crippen molar-refractivity contribution in [1.29, 1.82) is 0 Å². The molecule has 0 fully saturated rings. The van der Waals surface area contributed by atoms with Crippen LogP contribution in [0.1, 0.15) is 0 Å². The molecule has 0 N–H and O–H groups in total. The summed E-state index contributed by atoms with van der Waals surface area (Å²) in [6, 6.07) is 39.0. The van der Waals surface area contributed by atoms with Gasteiger partial charge in [-0.15, -0.1) is 0 Å². The van der Waals surface area contributed by atoms with Crippen molar-refractivity contribution in [2.45, 2.75) is 0 Å². The maximum atomic E-state index is 4.84. The lowest BCUT2D eigenvalue weighted by Crippen LogP contribution is -2.01. The smallest absolute Gasteiger partial charge is 0.182 e. The van der Waals surface area contributed by atoms with E-state index in [1.807, 2.05) is 121 Å². The van der Waals surface area contributed by atoms with Gasteiger partial charge in [0.15, 0.2) is 23.3 Å². The Morgan fingerprint density at radius 2 is 0.792 bits per heavy atom. The van der Waals surface area contributed by atoms with E-state index in [1.54, 1.807) is 31.0 Å². The molecule has 0 spiro atoms. The second-order valence-electron chi connectivity index (χ2n) is 10.8. The molecular weight excluding hydrogens is 594 g/mol. The lowest BCUT2D eigenvalue weighted by Gasteiger charge is -2.09. The predicted molar refractivity (Wildman–Crippen MR) is 185 cm³/mol. The molecule has 9 heteroatoms. The van der Waals surface area contributed by atoms with Crippen LogP contribution in [0.15, 0.2) is 152 Å². The third-order valence-electron chi connectivity index (χ3n) is 7.62. The molecule has 0 aliphatic rings. The van der Waals surface area contributed by atoms with E-state index in [0.717, 1.165) is 39.2 Å². The number of hydrogen-bond donors (Lipinski definition) is 0. The summed E-state index contributed by atoms with van der Waals surface area (Å²) in [5.41, 5.74) is 7.88. The summed E-state index contributed by atoms with van der Waals surface area (Å²) in [6.45, 7) is 0. The van der Waals surface area contributed by atoms with Crippen LogP contribution < -0.4 is 0 Å². The largest absolute Gasteiger partial charge is 0.255 e. The minimum absolute atomic E-state index is 0.492. The molecule has 6 aromatic heterocycles. The van der Waals surface area contributed by atoms with Crippen LogP contribution in [0.2, 0.25) is 0 Å². The van der Waals surface area contributed by atoms with Crippen LogP contribution in [0.5, 0.6) is 0 Å². The zero-order valence-electron chi connectivity index (χ0n) is 25.5. The number of nitrogens with zero attached hydrogens (tertiary/aromatic N) is 9. The van der Waals surface area contributed by atoms with Crippen molar-refractivity contribution in [2.75, 3.05) is 0 Å². The van der Waals surface area contributed by atoms with E-state index in [1.165, 1.54) is 0 Å². The highest BCUT2D eigenvalue weighted by atomic mass is 15.0. The highest BCUT2D eigenvalue weighted by Crippen LogP contribution is 2.29. The van der Waals surface area contributed by atoms with Gasteiger partial charge in [-0.05, 0) is 42.5 Å². The van der Waals surface area contributed by atoms with Crippen LogP contribution in [-0.2, 0) is 0 Å². The average molecular weight is 620 g/mol. The Hall–Kier alpha value is -6.87. The monoisotopic (exact) mass is 619 g/mol. The number of hydrogen-bond acceptors (Lipinski definition) is 9. The van der Waals surface area contributed by atoms with E-state index < -0.39 is 0 Å². The number of pyridine rings is 4. The fourth-order valence-corrected chi connectivity index (χ4v) is 5.20. The molecule has 0 aliphatic heterocycles. The van der Waals surface area contributed by atoms with Gasteiger partial charge >= 0.3 is 0 Å². The third-order valence-corrected chi connectivity index (χ3v) is 7.62. The Bertz CT molecular complexity index is 2020. The summed E-state index contributed by atoms with van der Waals surface area (Å²) in [6.07, 6.45) is 8.88. The van der Waals surface area contributed by atoms with Gasteiger partial charge in [0, 0.05) is 58.8 Å². The fourth-order valence-electron chi connectivity index (χ4n) is 5.20. The molecule has 2 aromatic carbocycles. The minimum atomic E-state index is 0.492. The molecule has 0 bridgehead atoms. The Morgan fingerprint density at radius 3 is 1.29 bits per heavy atom. The summed E-state index contributed by atoms with van der Waals surface area (Å²) in [5.74, 6) is 2.23. The van der Waals surface area contributed by atoms with Gasteiger partial charge < -0.3 is 0 Å². The van der Waals surface area contributed by atoms with Crippen LogP contribution in [0.25, 0.3) is 79.6 Å². The molecule has 8 rings (SSSR count). The van der Waals surface area contributed by atoms with Crippen LogP contribution in [0.4, 0.5) is 0 Å². The second-order valence-corrected chi connectivity index (χ2v) is 10.8. The van der Waals surface area contributed by atoms with Gasteiger partial charge in [-0.1, -0.05) is 78.9 Å². The highest BCUT2D eigenvalue weighted by molar-refractivity contribution is 5.73. The maximum absolute atomic E-state index is 4.84. The molecular formula is C39H25N9. The van der Waals surface area contributed by atoms with Gasteiger partial charge in [-0.3, -0.25) is 15.0 Å². The fraction of sp³-hybridized carbons (Fsp3) is 0.